The molecular formula is C25H31N3O3. The molecule has 4 rings (SSSR count). The molecule has 1 aliphatic rings. The standard InChI is InChI=1S/C25H31N3O3/c1-17-8-7-9-19-14-20(25(27-23(17)19)28-10-5-6-11-28)16-26-15-18-12-21(29-2)24(31-4)22(13-18)30-3/h7-9,12-14,26H,5-6,10-11,15-16H2,1-4H3. The Hall–Kier alpha value is -2.99. The number of rotatable bonds is 8. The molecular weight excluding hydrogens is 390 g/mol. The van der Waals surface area contributed by atoms with E-state index in [1.165, 1.54) is 29.4 Å². The van der Waals surface area contributed by atoms with E-state index in [1.54, 1.807) is 21.3 Å². The van der Waals surface area contributed by atoms with Crippen molar-refractivity contribution < 1.29 is 14.2 Å². The lowest BCUT2D eigenvalue weighted by atomic mass is 10.1. The number of para-hydroxylation sites is 1. The van der Waals surface area contributed by atoms with Crippen LogP contribution in [0.1, 0.15) is 29.5 Å². The summed E-state index contributed by atoms with van der Waals surface area (Å²) in [5.41, 5.74) is 4.61. The number of aromatic nitrogens is 1. The molecule has 1 saturated heterocycles. The van der Waals surface area contributed by atoms with Crippen molar-refractivity contribution in [3.8, 4) is 17.2 Å². The average molecular weight is 422 g/mol. The van der Waals surface area contributed by atoms with Gasteiger partial charge in [0.15, 0.2) is 11.5 Å². The van der Waals surface area contributed by atoms with E-state index < -0.39 is 0 Å². The topological polar surface area (TPSA) is 55.9 Å². The number of fused-ring (bicyclic) bond motifs is 1. The maximum Gasteiger partial charge on any atom is 0.203 e. The van der Waals surface area contributed by atoms with Crippen LogP contribution < -0.4 is 24.4 Å². The van der Waals surface area contributed by atoms with E-state index in [0.29, 0.717) is 23.8 Å². The van der Waals surface area contributed by atoms with Gasteiger partial charge in [-0.2, -0.15) is 0 Å². The second-order valence-electron chi connectivity index (χ2n) is 7.95. The van der Waals surface area contributed by atoms with Gasteiger partial charge in [-0.1, -0.05) is 18.2 Å². The first-order valence-electron chi connectivity index (χ1n) is 10.8. The molecule has 1 N–H and O–H groups in total. The van der Waals surface area contributed by atoms with E-state index in [2.05, 4.69) is 41.4 Å². The molecule has 0 spiro atoms. The predicted molar refractivity (Wildman–Crippen MR) is 125 cm³/mol. The minimum Gasteiger partial charge on any atom is -0.493 e. The number of benzene rings is 2. The summed E-state index contributed by atoms with van der Waals surface area (Å²) in [6, 6.07) is 12.6. The van der Waals surface area contributed by atoms with Crippen molar-refractivity contribution in [3.05, 3.63) is 53.1 Å². The summed E-state index contributed by atoms with van der Waals surface area (Å²) in [7, 11) is 4.89. The van der Waals surface area contributed by atoms with E-state index in [9.17, 15) is 0 Å². The number of nitrogens with one attached hydrogen (secondary N) is 1. The third-order valence-electron chi connectivity index (χ3n) is 5.88. The number of pyridine rings is 1. The number of anilines is 1. The van der Waals surface area contributed by atoms with Crippen LogP contribution in [0.5, 0.6) is 17.2 Å². The molecule has 6 heteroatoms. The fraction of sp³-hybridized carbons (Fsp3) is 0.400. The number of ether oxygens (including phenoxy) is 3. The largest absolute Gasteiger partial charge is 0.493 e. The Labute approximate surface area is 184 Å². The molecule has 0 bridgehead atoms. The van der Waals surface area contributed by atoms with Crippen LogP contribution in [-0.2, 0) is 13.1 Å². The lowest BCUT2D eigenvalue weighted by Crippen LogP contribution is -2.23. The minimum atomic E-state index is 0.610. The van der Waals surface area contributed by atoms with Crippen LogP contribution in [0.3, 0.4) is 0 Å². The fourth-order valence-electron chi connectivity index (χ4n) is 4.29. The highest BCUT2D eigenvalue weighted by molar-refractivity contribution is 5.84. The zero-order chi connectivity index (χ0) is 21.8. The predicted octanol–water partition coefficient (Wildman–Crippen LogP) is 4.46. The second kappa shape index (κ2) is 9.43. The Kier molecular flexibility index (Phi) is 6.47. The summed E-state index contributed by atoms with van der Waals surface area (Å²) < 4.78 is 16.4. The molecule has 0 amide bonds. The van der Waals surface area contributed by atoms with E-state index in [1.807, 2.05) is 12.1 Å². The molecule has 3 aromatic rings. The van der Waals surface area contributed by atoms with Crippen LogP contribution in [0.2, 0.25) is 0 Å². The van der Waals surface area contributed by atoms with Crippen LogP contribution in [-0.4, -0.2) is 39.4 Å². The van der Waals surface area contributed by atoms with Crippen molar-refractivity contribution in [3.63, 3.8) is 0 Å². The molecule has 0 aliphatic carbocycles. The molecule has 2 aromatic carbocycles. The monoisotopic (exact) mass is 421 g/mol. The molecule has 31 heavy (non-hydrogen) atoms. The molecule has 0 atom stereocenters. The summed E-state index contributed by atoms with van der Waals surface area (Å²) in [4.78, 5) is 7.51. The van der Waals surface area contributed by atoms with Gasteiger partial charge in [-0.3, -0.25) is 0 Å². The number of hydrogen-bond acceptors (Lipinski definition) is 6. The maximum atomic E-state index is 5.48. The molecule has 0 saturated carbocycles. The first-order chi connectivity index (χ1) is 15.1. The Balaban J connectivity index is 1.58. The Morgan fingerprint density at radius 1 is 0.935 bits per heavy atom. The molecule has 0 unspecified atom stereocenters. The van der Waals surface area contributed by atoms with E-state index >= 15 is 0 Å². The maximum absolute atomic E-state index is 5.48. The highest BCUT2D eigenvalue weighted by Gasteiger charge is 2.19. The summed E-state index contributed by atoms with van der Waals surface area (Å²) in [5.74, 6) is 3.05. The van der Waals surface area contributed by atoms with Gasteiger partial charge in [0.05, 0.1) is 26.8 Å². The smallest absolute Gasteiger partial charge is 0.203 e. The molecule has 1 aliphatic heterocycles. The molecule has 1 fully saturated rings. The van der Waals surface area contributed by atoms with Crippen LogP contribution in [0.15, 0.2) is 36.4 Å². The van der Waals surface area contributed by atoms with Crippen molar-refractivity contribution in [2.75, 3.05) is 39.3 Å². The third-order valence-corrected chi connectivity index (χ3v) is 5.88. The van der Waals surface area contributed by atoms with Crippen molar-refractivity contribution >= 4 is 16.7 Å². The van der Waals surface area contributed by atoms with E-state index in [4.69, 9.17) is 19.2 Å². The van der Waals surface area contributed by atoms with Gasteiger partial charge < -0.3 is 24.4 Å². The van der Waals surface area contributed by atoms with Gasteiger partial charge in [-0.05, 0) is 49.1 Å². The summed E-state index contributed by atoms with van der Waals surface area (Å²) in [5, 5.41) is 4.77. The highest BCUT2D eigenvalue weighted by atomic mass is 16.5. The lowest BCUT2D eigenvalue weighted by Gasteiger charge is -2.22. The van der Waals surface area contributed by atoms with E-state index in [0.717, 1.165) is 36.5 Å². The molecule has 0 radical (unpaired) electrons. The normalized spacial score (nSPS) is 13.6. The van der Waals surface area contributed by atoms with Crippen LogP contribution in [0, 0.1) is 6.92 Å². The molecule has 1 aromatic heterocycles. The zero-order valence-corrected chi connectivity index (χ0v) is 18.8. The zero-order valence-electron chi connectivity index (χ0n) is 18.8. The highest BCUT2D eigenvalue weighted by Crippen LogP contribution is 2.38. The van der Waals surface area contributed by atoms with Gasteiger partial charge in [0.1, 0.15) is 5.82 Å². The number of methoxy groups -OCH3 is 3. The van der Waals surface area contributed by atoms with Crippen LogP contribution in [0.4, 0.5) is 5.82 Å². The van der Waals surface area contributed by atoms with Crippen LogP contribution >= 0.6 is 0 Å². The third kappa shape index (κ3) is 4.39. The summed E-state index contributed by atoms with van der Waals surface area (Å²) in [6.45, 7) is 5.70. The van der Waals surface area contributed by atoms with Gasteiger partial charge in [-0.25, -0.2) is 4.98 Å². The van der Waals surface area contributed by atoms with Crippen LogP contribution in [0.25, 0.3) is 10.9 Å². The van der Waals surface area contributed by atoms with Gasteiger partial charge in [-0.15, -0.1) is 0 Å². The van der Waals surface area contributed by atoms with Gasteiger partial charge in [0.25, 0.3) is 0 Å². The van der Waals surface area contributed by atoms with Gasteiger partial charge in [0.2, 0.25) is 5.75 Å². The quantitative estimate of drug-likeness (QED) is 0.580. The molecule has 2 heterocycles. The van der Waals surface area contributed by atoms with Gasteiger partial charge >= 0.3 is 0 Å². The SMILES string of the molecule is COc1cc(CNCc2cc3cccc(C)c3nc2N2CCCC2)cc(OC)c1OC. The van der Waals surface area contributed by atoms with Crippen molar-refractivity contribution in [1.82, 2.24) is 10.3 Å². The number of aryl methyl sites for hydroxylation is 1. The molecule has 6 nitrogen and oxygen atoms in total. The van der Waals surface area contributed by atoms with Crippen molar-refractivity contribution in [2.45, 2.75) is 32.9 Å². The number of nitrogens with zero attached hydrogens (tertiary/aromatic N) is 2. The van der Waals surface area contributed by atoms with Gasteiger partial charge in [0, 0.05) is 37.1 Å². The first kappa shape index (κ1) is 21.2. The summed E-state index contributed by atoms with van der Waals surface area (Å²) >= 11 is 0. The van der Waals surface area contributed by atoms with Crippen molar-refractivity contribution in [1.29, 1.82) is 0 Å². The Morgan fingerprint density at radius 2 is 1.65 bits per heavy atom. The minimum absolute atomic E-state index is 0.610. The Bertz CT molecular complexity index is 1040. The van der Waals surface area contributed by atoms with Crippen molar-refractivity contribution in [2.24, 2.45) is 0 Å². The first-order valence-corrected chi connectivity index (χ1v) is 10.8. The Morgan fingerprint density at radius 3 is 2.29 bits per heavy atom. The number of hydrogen-bond donors (Lipinski definition) is 1. The summed E-state index contributed by atoms with van der Waals surface area (Å²) in [6.07, 6.45) is 2.46. The lowest BCUT2D eigenvalue weighted by molar-refractivity contribution is 0.323. The fourth-order valence-corrected chi connectivity index (χ4v) is 4.29. The second-order valence-corrected chi connectivity index (χ2v) is 7.95. The molecule has 164 valence electrons. The van der Waals surface area contributed by atoms with E-state index in [-0.39, 0.29) is 0 Å². The average Bonchev–Trinajstić information content (AvgIpc) is 3.33.